The van der Waals surface area contributed by atoms with Gasteiger partial charge in [0.25, 0.3) is 5.91 Å². The van der Waals surface area contributed by atoms with E-state index in [1.165, 1.54) is 0 Å². The first kappa shape index (κ1) is 13.9. The topological polar surface area (TPSA) is 66.8 Å². The molecule has 2 aliphatic heterocycles. The third-order valence-electron chi connectivity index (χ3n) is 4.30. The molecule has 1 amide bonds. The molecule has 2 heterocycles. The highest BCUT2D eigenvalue weighted by molar-refractivity contribution is 5.94. The van der Waals surface area contributed by atoms with E-state index in [1.807, 2.05) is 23.1 Å². The van der Waals surface area contributed by atoms with Crippen LogP contribution in [0.5, 0.6) is 5.75 Å². The lowest BCUT2D eigenvalue weighted by molar-refractivity contribution is -0.138. The zero-order chi connectivity index (χ0) is 14.8. The van der Waals surface area contributed by atoms with Crippen molar-refractivity contribution in [2.75, 3.05) is 19.7 Å². The van der Waals surface area contributed by atoms with Gasteiger partial charge in [-0.2, -0.15) is 0 Å². The van der Waals surface area contributed by atoms with E-state index >= 15 is 0 Å². The third-order valence-corrected chi connectivity index (χ3v) is 4.30. The number of carbonyl (C=O) groups is 2. The summed E-state index contributed by atoms with van der Waals surface area (Å²) in [5.41, 5.74) is 1.80. The largest absolute Gasteiger partial charge is 0.493 e. The summed E-state index contributed by atoms with van der Waals surface area (Å²) < 4.78 is 5.45. The minimum atomic E-state index is -0.751. The molecule has 2 aliphatic rings. The molecule has 1 aromatic carbocycles. The molecule has 1 saturated heterocycles. The summed E-state index contributed by atoms with van der Waals surface area (Å²) in [7, 11) is 0. The van der Waals surface area contributed by atoms with E-state index in [9.17, 15) is 9.59 Å². The van der Waals surface area contributed by atoms with Gasteiger partial charge in [-0.25, -0.2) is 0 Å². The smallest absolute Gasteiger partial charge is 0.303 e. The molecule has 5 heteroatoms. The lowest BCUT2D eigenvalue weighted by Crippen LogP contribution is -2.38. The van der Waals surface area contributed by atoms with Crippen LogP contribution >= 0.6 is 0 Å². The van der Waals surface area contributed by atoms with Crippen molar-refractivity contribution in [1.29, 1.82) is 0 Å². The maximum atomic E-state index is 12.5. The van der Waals surface area contributed by atoms with Gasteiger partial charge in [-0.15, -0.1) is 0 Å². The molecule has 21 heavy (non-hydrogen) atoms. The van der Waals surface area contributed by atoms with E-state index < -0.39 is 5.97 Å². The fourth-order valence-corrected chi connectivity index (χ4v) is 3.09. The van der Waals surface area contributed by atoms with Crippen LogP contribution in [0, 0.1) is 5.92 Å². The number of likely N-dealkylation sites (tertiary alicyclic amines) is 1. The standard InChI is InChI=1S/C16H19NO4/c18-15(19)9-11-3-6-17(7-4-11)16(20)13-1-2-14-12(10-13)5-8-21-14/h1-2,10-11H,3-9H2,(H,18,19). The van der Waals surface area contributed by atoms with E-state index in [-0.39, 0.29) is 18.2 Å². The fraction of sp³-hybridized carbons (Fsp3) is 0.500. The summed E-state index contributed by atoms with van der Waals surface area (Å²) in [6.07, 6.45) is 2.60. The van der Waals surface area contributed by atoms with Gasteiger partial charge in [0.2, 0.25) is 0 Å². The van der Waals surface area contributed by atoms with Crippen molar-refractivity contribution in [1.82, 2.24) is 4.90 Å². The average Bonchev–Trinajstić information content (AvgIpc) is 2.94. The van der Waals surface area contributed by atoms with E-state index in [1.54, 1.807) is 0 Å². The highest BCUT2D eigenvalue weighted by Crippen LogP contribution is 2.27. The van der Waals surface area contributed by atoms with Gasteiger partial charge in [0.1, 0.15) is 5.75 Å². The van der Waals surface area contributed by atoms with E-state index in [4.69, 9.17) is 9.84 Å². The van der Waals surface area contributed by atoms with Crippen molar-refractivity contribution >= 4 is 11.9 Å². The number of benzene rings is 1. The Balaban J connectivity index is 1.63. The molecule has 1 N–H and O–H groups in total. The Morgan fingerprint density at radius 1 is 1.29 bits per heavy atom. The Morgan fingerprint density at radius 2 is 2.05 bits per heavy atom. The van der Waals surface area contributed by atoms with Crippen LogP contribution in [0.3, 0.4) is 0 Å². The third kappa shape index (κ3) is 3.01. The lowest BCUT2D eigenvalue weighted by Gasteiger charge is -2.31. The summed E-state index contributed by atoms with van der Waals surface area (Å²) in [5, 5.41) is 8.82. The van der Waals surface area contributed by atoms with E-state index in [0.717, 1.165) is 30.6 Å². The molecule has 0 atom stereocenters. The molecule has 0 bridgehead atoms. The summed E-state index contributed by atoms with van der Waals surface area (Å²) in [6, 6.07) is 5.61. The van der Waals surface area contributed by atoms with Gasteiger partial charge in [-0.05, 0) is 42.5 Å². The summed E-state index contributed by atoms with van der Waals surface area (Å²) in [4.78, 5) is 25.0. The first-order valence-corrected chi connectivity index (χ1v) is 7.40. The minimum Gasteiger partial charge on any atom is -0.493 e. The number of nitrogens with zero attached hydrogens (tertiary/aromatic N) is 1. The van der Waals surface area contributed by atoms with Crippen LogP contribution in [0.4, 0.5) is 0 Å². The Bertz CT molecular complexity index is 561. The highest BCUT2D eigenvalue weighted by Gasteiger charge is 2.25. The van der Waals surface area contributed by atoms with Gasteiger partial charge in [0.15, 0.2) is 0 Å². The van der Waals surface area contributed by atoms with Crippen molar-refractivity contribution in [3.8, 4) is 5.75 Å². The van der Waals surface area contributed by atoms with Crippen LogP contribution in [0.15, 0.2) is 18.2 Å². The number of rotatable bonds is 3. The van der Waals surface area contributed by atoms with Crippen molar-refractivity contribution in [2.45, 2.75) is 25.7 Å². The van der Waals surface area contributed by atoms with Crippen molar-refractivity contribution in [2.24, 2.45) is 5.92 Å². The maximum absolute atomic E-state index is 12.5. The molecule has 1 aromatic rings. The Labute approximate surface area is 123 Å². The van der Waals surface area contributed by atoms with Crippen molar-refractivity contribution < 1.29 is 19.4 Å². The predicted molar refractivity (Wildman–Crippen MR) is 76.5 cm³/mol. The quantitative estimate of drug-likeness (QED) is 0.923. The molecular formula is C16H19NO4. The molecule has 0 radical (unpaired) electrons. The zero-order valence-electron chi connectivity index (χ0n) is 11.9. The molecule has 0 aliphatic carbocycles. The van der Waals surface area contributed by atoms with E-state index in [2.05, 4.69) is 0 Å². The minimum absolute atomic E-state index is 0.0403. The molecule has 112 valence electrons. The predicted octanol–water partition coefficient (Wildman–Crippen LogP) is 1.95. The zero-order valence-corrected chi connectivity index (χ0v) is 11.9. The fourth-order valence-electron chi connectivity index (χ4n) is 3.09. The molecule has 0 unspecified atom stereocenters. The molecule has 1 fully saturated rings. The van der Waals surface area contributed by atoms with Crippen LogP contribution in [-0.2, 0) is 11.2 Å². The second-order valence-electron chi connectivity index (χ2n) is 5.75. The first-order valence-electron chi connectivity index (χ1n) is 7.40. The van der Waals surface area contributed by atoms with Gasteiger partial charge in [-0.1, -0.05) is 0 Å². The van der Waals surface area contributed by atoms with Crippen LogP contribution in [0.1, 0.15) is 35.2 Å². The number of carboxylic acids is 1. The number of piperidine rings is 1. The van der Waals surface area contributed by atoms with Crippen LogP contribution < -0.4 is 4.74 Å². The highest BCUT2D eigenvalue weighted by atomic mass is 16.5. The number of ether oxygens (including phenoxy) is 1. The maximum Gasteiger partial charge on any atom is 0.303 e. The number of aliphatic carboxylic acids is 1. The Kier molecular flexibility index (Phi) is 3.82. The van der Waals surface area contributed by atoms with E-state index in [0.29, 0.717) is 25.3 Å². The number of hydrogen-bond acceptors (Lipinski definition) is 3. The van der Waals surface area contributed by atoms with Gasteiger partial charge >= 0.3 is 5.97 Å². The molecule has 0 aromatic heterocycles. The van der Waals surface area contributed by atoms with Gasteiger partial charge in [-0.3, -0.25) is 9.59 Å². The Morgan fingerprint density at radius 3 is 2.76 bits per heavy atom. The normalized spacial score (nSPS) is 18.2. The van der Waals surface area contributed by atoms with Crippen LogP contribution in [0.2, 0.25) is 0 Å². The monoisotopic (exact) mass is 289 g/mol. The van der Waals surface area contributed by atoms with Crippen molar-refractivity contribution in [3.63, 3.8) is 0 Å². The molecule has 0 spiro atoms. The molecule has 0 saturated carbocycles. The number of carbonyl (C=O) groups excluding carboxylic acids is 1. The Hall–Kier alpha value is -2.04. The molecular weight excluding hydrogens is 270 g/mol. The number of hydrogen-bond donors (Lipinski definition) is 1. The second kappa shape index (κ2) is 5.76. The van der Waals surface area contributed by atoms with Gasteiger partial charge in [0.05, 0.1) is 6.61 Å². The number of fused-ring (bicyclic) bond motifs is 1. The van der Waals surface area contributed by atoms with Gasteiger partial charge < -0.3 is 14.7 Å². The summed E-state index contributed by atoms with van der Waals surface area (Å²) >= 11 is 0. The second-order valence-corrected chi connectivity index (χ2v) is 5.75. The van der Waals surface area contributed by atoms with Crippen LogP contribution in [0.25, 0.3) is 0 Å². The summed E-state index contributed by atoms with van der Waals surface area (Å²) in [6.45, 7) is 1.97. The SMILES string of the molecule is O=C(O)CC1CCN(C(=O)c2ccc3c(c2)CCO3)CC1. The van der Waals surface area contributed by atoms with Gasteiger partial charge in [0, 0.05) is 31.5 Å². The number of amides is 1. The lowest BCUT2D eigenvalue weighted by atomic mass is 9.93. The number of carboxylic acid groups (broad SMARTS) is 1. The first-order chi connectivity index (χ1) is 10.1. The van der Waals surface area contributed by atoms with Crippen LogP contribution in [-0.4, -0.2) is 41.6 Å². The average molecular weight is 289 g/mol. The molecule has 3 rings (SSSR count). The summed E-state index contributed by atoms with van der Waals surface area (Å²) in [5.74, 6) is 0.364. The molecule has 5 nitrogen and oxygen atoms in total. The van der Waals surface area contributed by atoms with Crippen molar-refractivity contribution in [3.05, 3.63) is 29.3 Å².